The van der Waals surface area contributed by atoms with Gasteiger partial charge in [0.15, 0.2) is 0 Å². The van der Waals surface area contributed by atoms with Crippen LogP contribution in [0, 0.1) is 0 Å². The van der Waals surface area contributed by atoms with Crippen molar-refractivity contribution >= 4 is 17.6 Å². The lowest BCUT2D eigenvalue weighted by molar-refractivity contribution is 0.0954. The van der Waals surface area contributed by atoms with Gasteiger partial charge in [0, 0.05) is 29.5 Å². The van der Waals surface area contributed by atoms with Crippen molar-refractivity contribution in [3.63, 3.8) is 0 Å². The number of nitrogens with one attached hydrogen (secondary N) is 2. The Morgan fingerprint density at radius 2 is 1.84 bits per heavy atom. The molecule has 1 aliphatic rings. The third-order valence-corrected chi connectivity index (χ3v) is 3.75. The summed E-state index contributed by atoms with van der Waals surface area (Å²) in [5.41, 5.74) is 1.80. The van der Waals surface area contributed by atoms with Crippen LogP contribution in [-0.4, -0.2) is 28.6 Å². The normalized spacial score (nSPS) is 14.4. The van der Waals surface area contributed by atoms with Gasteiger partial charge >= 0.3 is 6.03 Å². The topological polar surface area (TPSA) is 75.5 Å². The molecule has 0 bridgehead atoms. The van der Waals surface area contributed by atoms with Crippen LogP contribution >= 0.6 is 0 Å². The number of hydrogen-bond acceptors (Lipinski definition) is 3. The van der Waals surface area contributed by atoms with Gasteiger partial charge in [0.2, 0.25) is 0 Å². The quantitative estimate of drug-likeness (QED) is 0.899. The zero-order valence-corrected chi connectivity index (χ0v) is 14.4. The van der Waals surface area contributed by atoms with Crippen molar-refractivity contribution in [2.75, 3.05) is 5.32 Å². The lowest BCUT2D eigenvalue weighted by Gasteiger charge is -2.09. The van der Waals surface area contributed by atoms with Crippen molar-refractivity contribution in [3.05, 3.63) is 59.7 Å². The number of pyridine rings is 1. The number of carbonyl (C=O) groups excluding carboxylic acids is 2. The highest BCUT2D eigenvalue weighted by atomic mass is 16.2. The summed E-state index contributed by atoms with van der Waals surface area (Å²) in [5, 5.41) is 5.63. The molecule has 0 atom stereocenters. The first-order chi connectivity index (χ1) is 12.0. The van der Waals surface area contributed by atoms with E-state index in [9.17, 15) is 9.59 Å². The van der Waals surface area contributed by atoms with Crippen molar-refractivity contribution < 1.29 is 9.59 Å². The molecule has 1 aromatic carbocycles. The number of aromatic nitrogens is 1. The number of carbonyl (C=O) groups is 2. The monoisotopic (exact) mass is 338 g/mol. The van der Waals surface area contributed by atoms with Crippen LogP contribution in [0.1, 0.15) is 37.0 Å². The summed E-state index contributed by atoms with van der Waals surface area (Å²) in [5.74, 6) is -0.158. The molecule has 0 unspecified atom stereocenters. The fourth-order valence-corrected chi connectivity index (χ4v) is 2.39. The predicted octanol–water partition coefficient (Wildman–Crippen LogP) is 2.77. The molecule has 2 aromatic rings. The SMILES string of the molecule is CC(C)N=c1ccccn1C(=O)c1ccc(NC(=O)NC2CC2)cc1. The minimum Gasteiger partial charge on any atom is -0.335 e. The number of rotatable bonds is 4. The molecule has 2 N–H and O–H groups in total. The zero-order valence-electron chi connectivity index (χ0n) is 14.4. The summed E-state index contributed by atoms with van der Waals surface area (Å²) in [6.07, 6.45) is 3.79. The van der Waals surface area contributed by atoms with Crippen molar-refractivity contribution in [1.82, 2.24) is 9.88 Å². The van der Waals surface area contributed by atoms with E-state index >= 15 is 0 Å². The van der Waals surface area contributed by atoms with E-state index in [0.29, 0.717) is 22.8 Å². The Labute approximate surface area is 146 Å². The molecule has 0 saturated heterocycles. The Balaban J connectivity index is 1.76. The lowest BCUT2D eigenvalue weighted by atomic mass is 10.2. The van der Waals surface area contributed by atoms with E-state index in [1.807, 2.05) is 26.0 Å². The molecule has 25 heavy (non-hydrogen) atoms. The number of urea groups is 1. The van der Waals surface area contributed by atoms with Crippen LogP contribution in [0.2, 0.25) is 0 Å². The van der Waals surface area contributed by atoms with Gasteiger partial charge in [0.1, 0.15) is 5.49 Å². The highest BCUT2D eigenvalue weighted by Gasteiger charge is 2.23. The second kappa shape index (κ2) is 7.34. The molecule has 6 nitrogen and oxygen atoms in total. The standard InChI is InChI=1S/C19H22N4O2/c1-13(2)20-17-5-3-4-12-23(17)18(24)14-6-8-15(9-7-14)21-19(25)22-16-10-11-16/h3-9,12-13,16H,10-11H2,1-2H3,(H2,21,22,25). The van der Waals surface area contributed by atoms with Gasteiger partial charge in [-0.15, -0.1) is 0 Å². The second-order valence-corrected chi connectivity index (χ2v) is 6.41. The van der Waals surface area contributed by atoms with Gasteiger partial charge in [-0.25, -0.2) is 4.79 Å². The molecular formula is C19H22N4O2. The first kappa shape index (κ1) is 17.0. The Morgan fingerprint density at radius 3 is 2.48 bits per heavy atom. The Morgan fingerprint density at radius 1 is 1.12 bits per heavy atom. The molecular weight excluding hydrogens is 316 g/mol. The molecule has 0 spiro atoms. The molecule has 1 saturated carbocycles. The number of nitrogens with zero attached hydrogens (tertiary/aromatic N) is 2. The van der Waals surface area contributed by atoms with Gasteiger partial charge in [-0.05, 0) is 63.1 Å². The van der Waals surface area contributed by atoms with Crippen LogP contribution in [0.25, 0.3) is 0 Å². The first-order valence-electron chi connectivity index (χ1n) is 8.47. The summed E-state index contributed by atoms with van der Waals surface area (Å²) in [6.45, 7) is 3.93. The number of benzene rings is 1. The smallest absolute Gasteiger partial charge is 0.319 e. The minimum absolute atomic E-state index is 0.0954. The van der Waals surface area contributed by atoms with Crippen LogP contribution in [0.15, 0.2) is 53.7 Å². The van der Waals surface area contributed by atoms with E-state index in [0.717, 1.165) is 12.8 Å². The average molecular weight is 338 g/mol. The van der Waals surface area contributed by atoms with Crippen molar-refractivity contribution in [2.24, 2.45) is 4.99 Å². The zero-order chi connectivity index (χ0) is 17.8. The van der Waals surface area contributed by atoms with Gasteiger partial charge in [0.05, 0.1) is 0 Å². The Hall–Kier alpha value is -2.89. The van der Waals surface area contributed by atoms with Crippen LogP contribution < -0.4 is 16.1 Å². The van der Waals surface area contributed by atoms with Crippen molar-refractivity contribution in [3.8, 4) is 0 Å². The van der Waals surface area contributed by atoms with Crippen LogP contribution in [0.5, 0.6) is 0 Å². The third-order valence-electron chi connectivity index (χ3n) is 3.75. The summed E-state index contributed by atoms with van der Waals surface area (Å²) in [4.78, 5) is 29.0. The molecule has 0 aliphatic heterocycles. The van der Waals surface area contributed by atoms with Crippen LogP contribution in [0.4, 0.5) is 10.5 Å². The fourth-order valence-electron chi connectivity index (χ4n) is 2.39. The maximum absolute atomic E-state index is 12.7. The van der Waals surface area contributed by atoms with Gasteiger partial charge in [-0.2, -0.15) is 0 Å². The maximum atomic E-state index is 12.7. The molecule has 1 heterocycles. The first-order valence-corrected chi connectivity index (χ1v) is 8.47. The summed E-state index contributed by atoms with van der Waals surface area (Å²) in [7, 11) is 0. The third kappa shape index (κ3) is 4.56. The average Bonchev–Trinajstić information content (AvgIpc) is 3.39. The van der Waals surface area contributed by atoms with E-state index in [1.165, 1.54) is 4.57 Å². The molecule has 1 aliphatic carbocycles. The summed E-state index contributed by atoms with van der Waals surface area (Å²) >= 11 is 0. The molecule has 1 aromatic heterocycles. The summed E-state index contributed by atoms with van der Waals surface area (Å²) < 4.78 is 1.53. The molecule has 1 fully saturated rings. The Kier molecular flexibility index (Phi) is 4.97. The number of hydrogen-bond donors (Lipinski definition) is 2. The molecule has 2 amide bonds. The predicted molar refractivity (Wildman–Crippen MR) is 96.5 cm³/mol. The maximum Gasteiger partial charge on any atom is 0.319 e. The van der Waals surface area contributed by atoms with E-state index in [-0.39, 0.29) is 18.0 Å². The second-order valence-electron chi connectivity index (χ2n) is 6.41. The molecule has 6 heteroatoms. The molecule has 0 radical (unpaired) electrons. The van der Waals surface area contributed by atoms with Crippen LogP contribution in [0.3, 0.4) is 0 Å². The van der Waals surface area contributed by atoms with Gasteiger partial charge in [0.25, 0.3) is 5.91 Å². The van der Waals surface area contributed by atoms with E-state index in [1.54, 1.807) is 36.5 Å². The van der Waals surface area contributed by atoms with E-state index in [4.69, 9.17) is 0 Å². The van der Waals surface area contributed by atoms with Crippen molar-refractivity contribution in [2.45, 2.75) is 38.8 Å². The molecule has 3 rings (SSSR count). The summed E-state index contributed by atoms with van der Waals surface area (Å²) in [6, 6.07) is 12.5. The minimum atomic E-state index is -0.211. The van der Waals surface area contributed by atoms with Gasteiger partial charge in [-0.3, -0.25) is 14.4 Å². The Bertz CT molecular complexity index is 833. The largest absolute Gasteiger partial charge is 0.335 e. The van der Waals surface area contributed by atoms with E-state index < -0.39 is 0 Å². The highest BCUT2D eigenvalue weighted by molar-refractivity contribution is 5.96. The fraction of sp³-hybridized carbons (Fsp3) is 0.316. The van der Waals surface area contributed by atoms with E-state index in [2.05, 4.69) is 15.6 Å². The van der Waals surface area contributed by atoms with Gasteiger partial charge < -0.3 is 10.6 Å². The van der Waals surface area contributed by atoms with Crippen molar-refractivity contribution in [1.29, 1.82) is 0 Å². The van der Waals surface area contributed by atoms with Crippen LogP contribution in [-0.2, 0) is 0 Å². The number of anilines is 1. The lowest BCUT2D eigenvalue weighted by Crippen LogP contribution is -2.30. The number of amides is 2. The highest BCUT2D eigenvalue weighted by Crippen LogP contribution is 2.19. The molecule has 130 valence electrons. The van der Waals surface area contributed by atoms with Gasteiger partial charge in [-0.1, -0.05) is 6.07 Å².